The summed E-state index contributed by atoms with van der Waals surface area (Å²) in [6, 6.07) is 4.82. The summed E-state index contributed by atoms with van der Waals surface area (Å²) in [7, 11) is 0. The van der Waals surface area contributed by atoms with Crippen molar-refractivity contribution in [3.05, 3.63) is 58.9 Å². The zero-order valence-corrected chi connectivity index (χ0v) is 20.8. The monoisotopic (exact) mass is 513 g/mol. The molecule has 1 atom stereocenters. The van der Waals surface area contributed by atoms with Gasteiger partial charge in [-0.1, -0.05) is 18.2 Å². The van der Waals surface area contributed by atoms with Crippen molar-refractivity contribution in [1.29, 1.82) is 0 Å². The van der Waals surface area contributed by atoms with Crippen LogP contribution in [0.4, 0.5) is 19.0 Å². The van der Waals surface area contributed by atoms with Crippen molar-refractivity contribution in [2.24, 2.45) is 0 Å². The Labute approximate surface area is 210 Å². The van der Waals surface area contributed by atoms with Gasteiger partial charge in [0, 0.05) is 12.1 Å². The minimum Gasteiger partial charge on any atom is -0.377 e. The Balaban J connectivity index is 1.63. The maximum atomic E-state index is 14.8. The number of rotatable bonds is 5. The van der Waals surface area contributed by atoms with E-state index in [4.69, 9.17) is 4.74 Å². The average molecular weight is 514 g/mol. The molecular formula is C25H26F3N7O2. The van der Waals surface area contributed by atoms with Gasteiger partial charge in [0.2, 0.25) is 0 Å². The maximum Gasteiger partial charge on any atom is 0.266 e. The largest absolute Gasteiger partial charge is 0.377 e. The van der Waals surface area contributed by atoms with Crippen molar-refractivity contribution in [2.75, 3.05) is 25.1 Å². The Morgan fingerprint density at radius 2 is 1.95 bits per heavy atom. The van der Waals surface area contributed by atoms with Crippen LogP contribution in [0.1, 0.15) is 60.5 Å². The van der Waals surface area contributed by atoms with Gasteiger partial charge in [-0.05, 0) is 33.8 Å². The molecule has 194 valence electrons. The number of fused-ring (bicyclic) bond motifs is 3. The highest BCUT2D eigenvalue weighted by Gasteiger charge is 2.36. The molecule has 3 aromatic heterocycles. The number of halogens is 3. The summed E-state index contributed by atoms with van der Waals surface area (Å²) in [5.41, 5.74) is -0.0972. The number of amides is 1. The molecule has 1 saturated heterocycles. The van der Waals surface area contributed by atoms with Gasteiger partial charge in [-0.25, -0.2) is 28.1 Å². The first-order chi connectivity index (χ1) is 17.6. The third kappa shape index (κ3) is 4.35. The van der Waals surface area contributed by atoms with Crippen LogP contribution in [0, 0.1) is 12.7 Å². The molecule has 1 N–H and O–H groups in total. The Morgan fingerprint density at radius 1 is 1.19 bits per heavy atom. The van der Waals surface area contributed by atoms with E-state index in [0.29, 0.717) is 53.6 Å². The molecule has 0 spiro atoms. The number of carbonyl (C=O) groups excluding carboxylic acids is 1. The number of nitrogens with zero attached hydrogens (tertiary/aromatic N) is 6. The lowest BCUT2D eigenvalue weighted by Gasteiger charge is -2.42. The first-order valence-corrected chi connectivity index (χ1v) is 11.8. The van der Waals surface area contributed by atoms with E-state index in [2.05, 4.69) is 25.4 Å². The van der Waals surface area contributed by atoms with Gasteiger partial charge in [-0.2, -0.15) is 9.61 Å². The Morgan fingerprint density at radius 3 is 2.68 bits per heavy atom. The number of aryl methyl sites for hydroxylation is 1. The van der Waals surface area contributed by atoms with Gasteiger partial charge in [0.15, 0.2) is 11.3 Å². The van der Waals surface area contributed by atoms with Crippen LogP contribution >= 0.6 is 0 Å². The maximum absolute atomic E-state index is 14.8. The fourth-order valence-corrected chi connectivity index (χ4v) is 4.65. The molecule has 1 aliphatic rings. The van der Waals surface area contributed by atoms with E-state index in [1.807, 2.05) is 13.8 Å². The van der Waals surface area contributed by atoms with Crippen LogP contribution in [0.3, 0.4) is 0 Å². The summed E-state index contributed by atoms with van der Waals surface area (Å²) in [5.74, 6) is -0.515. The van der Waals surface area contributed by atoms with Gasteiger partial charge in [0.05, 0.1) is 41.3 Å². The SMILES string of the molecule is Cc1nc(N[C@H](C)c2cccc(C(F)F)c2F)c2cc(C(=O)N3CCOCC3(C)C)c3ncnn3c2n1. The molecule has 1 fully saturated rings. The molecule has 0 bridgehead atoms. The van der Waals surface area contributed by atoms with Gasteiger partial charge < -0.3 is 15.0 Å². The topological polar surface area (TPSA) is 97.5 Å². The lowest BCUT2D eigenvalue weighted by atomic mass is 10.0. The minimum absolute atomic E-state index is 0.0652. The van der Waals surface area contributed by atoms with Gasteiger partial charge in [-0.15, -0.1) is 0 Å². The molecule has 0 aliphatic carbocycles. The third-order valence-electron chi connectivity index (χ3n) is 6.55. The number of anilines is 1. The standard InChI is InChI=1S/C25H26F3N7O2/c1-13(15-6-5-7-16(19(15)26)20(27)28)31-21-17-10-18(24(36)34-8-9-37-11-25(34,3)4)22-29-12-30-35(22)23(17)33-14(2)32-21/h5-7,10,12-13,20H,8-9,11H2,1-4H3,(H,31,32,33)/t13-/m1/s1. The molecule has 5 rings (SSSR count). The van der Waals surface area contributed by atoms with Crippen LogP contribution in [-0.4, -0.2) is 60.7 Å². The number of ether oxygens (including phenoxy) is 1. The number of nitrogens with one attached hydrogen (secondary N) is 1. The van der Waals surface area contributed by atoms with Crippen LogP contribution in [-0.2, 0) is 4.74 Å². The molecule has 0 saturated carbocycles. The second-order valence-electron chi connectivity index (χ2n) is 9.65. The molecule has 9 nitrogen and oxygen atoms in total. The van der Waals surface area contributed by atoms with Gasteiger partial charge in [-0.3, -0.25) is 4.79 Å². The van der Waals surface area contributed by atoms with E-state index >= 15 is 0 Å². The minimum atomic E-state index is -2.94. The summed E-state index contributed by atoms with van der Waals surface area (Å²) >= 11 is 0. The number of benzene rings is 1. The van der Waals surface area contributed by atoms with Gasteiger partial charge in [0.25, 0.3) is 12.3 Å². The normalized spacial score (nSPS) is 16.5. The number of hydrogen-bond acceptors (Lipinski definition) is 7. The Hall–Kier alpha value is -3.80. The van der Waals surface area contributed by atoms with E-state index in [1.54, 1.807) is 24.8 Å². The highest BCUT2D eigenvalue weighted by Crippen LogP contribution is 2.32. The fraction of sp³-hybridized carbons (Fsp3) is 0.400. The van der Waals surface area contributed by atoms with E-state index in [9.17, 15) is 18.0 Å². The fourth-order valence-electron chi connectivity index (χ4n) is 4.65. The molecule has 12 heteroatoms. The first-order valence-electron chi connectivity index (χ1n) is 11.8. The first kappa shape index (κ1) is 24.9. The van der Waals surface area contributed by atoms with Crippen LogP contribution < -0.4 is 5.32 Å². The number of hydrogen-bond donors (Lipinski definition) is 1. The number of carbonyl (C=O) groups is 1. The highest BCUT2D eigenvalue weighted by molar-refractivity contribution is 6.05. The predicted octanol–water partition coefficient (Wildman–Crippen LogP) is 4.48. The number of aromatic nitrogens is 5. The second kappa shape index (κ2) is 9.25. The van der Waals surface area contributed by atoms with Crippen molar-refractivity contribution < 1.29 is 22.7 Å². The summed E-state index contributed by atoms with van der Waals surface area (Å²) in [6.07, 6.45) is -1.60. The second-order valence-corrected chi connectivity index (χ2v) is 9.65. The Bertz CT molecular complexity index is 1500. The smallest absolute Gasteiger partial charge is 0.266 e. The zero-order valence-electron chi connectivity index (χ0n) is 20.8. The molecule has 0 unspecified atom stereocenters. The predicted molar refractivity (Wildman–Crippen MR) is 130 cm³/mol. The lowest BCUT2D eigenvalue weighted by Crippen LogP contribution is -2.55. The molecule has 0 radical (unpaired) electrons. The van der Waals surface area contributed by atoms with Crippen molar-refractivity contribution in [1.82, 2.24) is 29.5 Å². The van der Waals surface area contributed by atoms with Crippen LogP contribution in [0.5, 0.6) is 0 Å². The number of morpholine rings is 1. The number of pyridine rings is 1. The number of alkyl halides is 2. The summed E-state index contributed by atoms with van der Waals surface area (Å²) in [5, 5.41) is 7.86. The molecular weight excluding hydrogens is 487 g/mol. The van der Waals surface area contributed by atoms with Crippen LogP contribution in [0.2, 0.25) is 0 Å². The molecule has 4 aromatic rings. The molecule has 37 heavy (non-hydrogen) atoms. The molecule has 1 amide bonds. The van der Waals surface area contributed by atoms with Crippen molar-refractivity contribution >= 4 is 28.4 Å². The third-order valence-corrected chi connectivity index (χ3v) is 6.55. The summed E-state index contributed by atoms with van der Waals surface area (Å²) < 4.78 is 48.4. The van der Waals surface area contributed by atoms with E-state index in [1.165, 1.54) is 23.0 Å². The summed E-state index contributed by atoms with van der Waals surface area (Å²) in [4.78, 5) is 28.8. The molecule has 1 aromatic carbocycles. The van der Waals surface area contributed by atoms with Gasteiger partial charge in [0.1, 0.15) is 23.8 Å². The Kier molecular flexibility index (Phi) is 6.22. The molecule has 1 aliphatic heterocycles. The van der Waals surface area contributed by atoms with E-state index < -0.39 is 29.4 Å². The zero-order chi connectivity index (χ0) is 26.5. The van der Waals surface area contributed by atoms with Crippen molar-refractivity contribution in [3.8, 4) is 0 Å². The van der Waals surface area contributed by atoms with Crippen LogP contribution in [0.15, 0.2) is 30.6 Å². The van der Waals surface area contributed by atoms with Crippen molar-refractivity contribution in [3.63, 3.8) is 0 Å². The quantitative estimate of drug-likeness (QED) is 0.420. The van der Waals surface area contributed by atoms with Crippen molar-refractivity contribution in [2.45, 2.75) is 45.7 Å². The average Bonchev–Trinajstić information content (AvgIpc) is 3.33. The van der Waals surface area contributed by atoms with Crippen LogP contribution in [0.25, 0.3) is 16.7 Å². The van der Waals surface area contributed by atoms with Gasteiger partial charge >= 0.3 is 0 Å². The lowest BCUT2D eigenvalue weighted by molar-refractivity contribution is -0.0370. The highest BCUT2D eigenvalue weighted by atomic mass is 19.3. The van der Waals surface area contributed by atoms with E-state index in [-0.39, 0.29) is 11.5 Å². The van der Waals surface area contributed by atoms with E-state index in [0.717, 1.165) is 6.07 Å². The molecule has 4 heterocycles. The summed E-state index contributed by atoms with van der Waals surface area (Å²) in [6.45, 7) is 8.41.